The number of ether oxygens (including phenoxy) is 1. The van der Waals surface area contributed by atoms with Gasteiger partial charge in [0, 0.05) is 33.3 Å². The number of nitro groups is 1. The van der Waals surface area contributed by atoms with Crippen LogP contribution >= 0.6 is 0 Å². The number of anilines is 1. The molecule has 0 aromatic heterocycles. The molecule has 8 heteroatoms. The van der Waals surface area contributed by atoms with Crippen molar-refractivity contribution in [1.82, 2.24) is 4.90 Å². The molecule has 1 heterocycles. The number of carbonyl (C=O) groups excluding carboxylic acids is 2. The molecule has 0 bridgehead atoms. The number of rotatable bonds is 5. The lowest BCUT2D eigenvalue weighted by Gasteiger charge is -2.28. The number of nitro benzene ring substituents is 1. The third-order valence-electron chi connectivity index (χ3n) is 4.70. The minimum atomic E-state index is -0.765. The Kier molecular flexibility index (Phi) is 5.58. The topological polar surface area (TPSA) is 93.0 Å². The molecule has 146 valence electrons. The lowest BCUT2D eigenvalue weighted by Crippen LogP contribution is -2.38. The third-order valence-corrected chi connectivity index (χ3v) is 4.70. The first-order chi connectivity index (χ1) is 13.4. The van der Waals surface area contributed by atoms with Gasteiger partial charge in [-0.05, 0) is 29.7 Å². The number of nitrogens with zero attached hydrogens (tertiary/aromatic N) is 3. The second kappa shape index (κ2) is 8.08. The molecule has 0 radical (unpaired) electrons. The van der Waals surface area contributed by atoms with Crippen LogP contribution in [0.25, 0.3) is 0 Å². The Morgan fingerprint density at radius 2 is 1.89 bits per heavy atom. The summed E-state index contributed by atoms with van der Waals surface area (Å²) in [5.74, 6) is -1.05. The average molecular weight is 383 g/mol. The van der Waals surface area contributed by atoms with Gasteiger partial charge in [-0.25, -0.2) is 4.79 Å². The molecule has 0 N–H and O–H groups in total. The fraction of sp³-hybridized carbons (Fsp3) is 0.300. The molecule has 0 spiro atoms. The van der Waals surface area contributed by atoms with Crippen LogP contribution in [0.3, 0.4) is 0 Å². The van der Waals surface area contributed by atoms with E-state index in [4.69, 9.17) is 4.74 Å². The van der Waals surface area contributed by atoms with Crippen molar-refractivity contribution < 1.29 is 19.2 Å². The highest BCUT2D eigenvalue weighted by Gasteiger charge is 2.23. The highest BCUT2D eigenvalue weighted by molar-refractivity contribution is 5.93. The monoisotopic (exact) mass is 383 g/mol. The second-order valence-electron chi connectivity index (χ2n) is 6.77. The van der Waals surface area contributed by atoms with Crippen molar-refractivity contribution >= 4 is 23.3 Å². The van der Waals surface area contributed by atoms with Gasteiger partial charge < -0.3 is 14.5 Å². The van der Waals surface area contributed by atoms with E-state index in [1.165, 1.54) is 23.8 Å². The molecule has 8 nitrogen and oxygen atoms in total. The van der Waals surface area contributed by atoms with E-state index in [0.29, 0.717) is 18.8 Å². The number of fused-ring (bicyclic) bond motifs is 1. The van der Waals surface area contributed by atoms with Crippen LogP contribution in [-0.4, -0.2) is 48.9 Å². The van der Waals surface area contributed by atoms with Gasteiger partial charge in [0.25, 0.3) is 11.6 Å². The van der Waals surface area contributed by atoms with Crippen LogP contribution in [0.1, 0.15) is 21.5 Å². The maximum absolute atomic E-state index is 12.4. The Labute approximate surface area is 162 Å². The predicted octanol–water partition coefficient (Wildman–Crippen LogP) is 2.40. The van der Waals surface area contributed by atoms with Gasteiger partial charge in [0.2, 0.25) is 0 Å². The van der Waals surface area contributed by atoms with Crippen molar-refractivity contribution in [3.8, 4) is 0 Å². The zero-order valence-corrected chi connectivity index (χ0v) is 15.8. The molecular weight excluding hydrogens is 362 g/mol. The van der Waals surface area contributed by atoms with Crippen LogP contribution in [0.2, 0.25) is 0 Å². The lowest BCUT2D eigenvalue weighted by molar-refractivity contribution is -0.384. The highest BCUT2D eigenvalue weighted by atomic mass is 16.6. The quantitative estimate of drug-likeness (QED) is 0.447. The number of hydrogen-bond donors (Lipinski definition) is 0. The van der Waals surface area contributed by atoms with E-state index in [-0.39, 0.29) is 17.2 Å². The normalized spacial score (nSPS) is 12.9. The van der Waals surface area contributed by atoms with E-state index in [1.807, 2.05) is 24.3 Å². The van der Waals surface area contributed by atoms with Gasteiger partial charge >= 0.3 is 5.97 Å². The minimum absolute atomic E-state index is 0.0362. The average Bonchev–Trinajstić information content (AvgIpc) is 2.70. The van der Waals surface area contributed by atoms with Gasteiger partial charge in [0.1, 0.15) is 5.69 Å². The van der Waals surface area contributed by atoms with Crippen LogP contribution in [-0.2, 0) is 22.5 Å². The lowest BCUT2D eigenvalue weighted by atomic mass is 10.00. The molecule has 28 heavy (non-hydrogen) atoms. The largest absolute Gasteiger partial charge is 0.452 e. The summed E-state index contributed by atoms with van der Waals surface area (Å²) in [6.07, 6.45) is 0.758. The summed E-state index contributed by atoms with van der Waals surface area (Å²) >= 11 is 0. The van der Waals surface area contributed by atoms with Crippen LogP contribution in [0.5, 0.6) is 0 Å². The Balaban J connectivity index is 1.63. The van der Waals surface area contributed by atoms with Gasteiger partial charge in [-0.2, -0.15) is 0 Å². The number of carbonyl (C=O) groups is 2. The fourth-order valence-corrected chi connectivity index (χ4v) is 3.19. The van der Waals surface area contributed by atoms with Gasteiger partial charge in [0.15, 0.2) is 6.61 Å². The molecule has 2 aromatic rings. The van der Waals surface area contributed by atoms with Gasteiger partial charge in [-0.15, -0.1) is 0 Å². The summed E-state index contributed by atoms with van der Waals surface area (Å²) in [5.41, 5.74) is 2.53. The van der Waals surface area contributed by atoms with Crippen LogP contribution in [0.4, 0.5) is 11.4 Å². The zero-order chi connectivity index (χ0) is 20.3. The number of hydrogen-bond acceptors (Lipinski definition) is 6. The molecule has 3 rings (SSSR count). The zero-order valence-electron chi connectivity index (χ0n) is 15.8. The second-order valence-corrected chi connectivity index (χ2v) is 6.77. The van der Waals surface area contributed by atoms with E-state index in [0.717, 1.165) is 12.0 Å². The van der Waals surface area contributed by atoms with Crippen molar-refractivity contribution in [2.45, 2.75) is 13.0 Å². The molecular formula is C20H21N3O5. The van der Waals surface area contributed by atoms with Crippen LogP contribution < -0.4 is 4.90 Å². The van der Waals surface area contributed by atoms with E-state index < -0.39 is 17.5 Å². The van der Waals surface area contributed by atoms with E-state index >= 15 is 0 Å². The molecule has 0 atom stereocenters. The molecule has 1 aliphatic heterocycles. The van der Waals surface area contributed by atoms with E-state index in [1.54, 1.807) is 23.9 Å². The Morgan fingerprint density at radius 1 is 1.18 bits per heavy atom. The number of esters is 1. The molecule has 0 fully saturated rings. The number of amides is 1. The summed E-state index contributed by atoms with van der Waals surface area (Å²) < 4.78 is 5.10. The Morgan fingerprint density at radius 3 is 2.57 bits per heavy atom. The standard InChI is InChI=1S/C20H21N3O5/c1-21(2)17-8-7-15(11-18(17)23(26)27)20(25)28-13-19(24)22-10-9-14-5-3-4-6-16(14)12-22/h3-8,11H,9-10,12-13H2,1-2H3. The summed E-state index contributed by atoms with van der Waals surface area (Å²) in [6, 6.07) is 12.0. The summed E-state index contributed by atoms with van der Waals surface area (Å²) in [5, 5.41) is 11.2. The number of benzene rings is 2. The van der Waals surface area contributed by atoms with Crippen molar-refractivity contribution in [3.63, 3.8) is 0 Å². The van der Waals surface area contributed by atoms with Crippen LogP contribution in [0, 0.1) is 10.1 Å². The first-order valence-electron chi connectivity index (χ1n) is 8.84. The maximum Gasteiger partial charge on any atom is 0.338 e. The molecule has 1 amide bonds. The maximum atomic E-state index is 12.4. The highest BCUT2D eigenvalue weighted by Crippen LogP contribution is 2.28. The SMILES string of the molecule is CN(C)c1ccc(C(=O)OCC(=O)N2CCc3ccccc3C2)cc1[N+](=O)[O-]. The summed E-state index contributed by atoms with van der Waals surface area (Å²) in [6.45, 7) is 0.649. The Bertz CT molecular complexity index is 926. The first kappa shape index (κ1) is 19.3. The van der Waals surface area contributed by atoms with Gasteiger partial charge in [0.05, 0.1) is 10.5 Å². The van der Waals surface area contributed by atoms with Gasteiger partial charge in [-0.3, -0.25) is 14.9 Å². The third kappa shape index (κ3) is 4.11. The Hall–Kier alpha value is -3.42. The molecule has 2 aromatic carbocycles. The first-order valence-corrected chi connectivity index (χ1v) is 8.84. The van der Waals surface area contributed by atoms with Crippen molar-refractivity contribution in [3.05, 3.63) is 69.3 Å². The molecule has 1 aliphatic rings. The van der Waals surface area contributed by atoms with Crippen LogP contribution in [0.15, 0.2) is 42.5 Å². The minimum Gasteiger partial charge on any atom is -0.452 e. The molecule has 0 saturated heterocycles. The molecule has 0 saturated carbocycles. The van der Waals surface area contributed by atoms with E-state index in [9.17, 15) is 19.7 Å². The van der Waals surface area contributed by atoms with Crippen molar-refractivity contribution in [1.29, 1.82) is 0 Å². The fourth-order valence-electron chi connectivity index (χ4n) is 3.19. The molecule has 0 aliphatic carbocycles. The van der Waals surface area contributed by atoms with Crippen molar-refractivity contribution in [2.75, 3.05) is 32.1 Å². The van der Waals surface area contributed by atoms with E-state index in [2.05, 4.69) is 0 Å². The van der Waals surface area contributed by atoms with Gasteiger partial charge in [-0.1, -0.05) is 24.3 Å². The smallest absolute Gasteiger partial charge is 0.338 e. The summed E-state index contributed by atoms with van der Waals surface area (Å²) in [4.78, 5) is 38.6. The molecule has 0 unspecified atom stereocenters. The predicted molar refractivity (Wildman–Crippen MR) is 103 cm³/mol. The summed E-state index contributed by atoms with van der Waals surface area (Å²) in [7, 11) is 3.35. The van der Waals surface area contributed by atoms with Crippen molar-refractivity contribution in [2.24, 2.45) is 0 Å².